The van der Waals surface area contributed by atoms with E-state index in [9.17, 15) is 0 Å². The lowest BCUT2D eigenvalue weighted by molar-refractivity contribution is 0.411. The summed E-state index contributed by atoms with van der Waals surface area (Å²) in [6.07, 6.45) is 2.36. The van der Waals surface area contributed by atoms with Gasteiger partial charge in [-0.2, -0.15) is 0 Å². The van der Waals surface area contributed by atoms with E-state index < -0.39 is 0 Å². The highest BCUT2D eigenvalue weighted by Crippen LogP contribution is 2.25. The van der Waals surface area contributed by atoms with Crippen molar-refractivity contribution in [2.75, 3.05) is 12.8 Å². The van der Waals surface area contributed by atoms with Gasteiger partial charge in [-0.05, 0) is 42.2 Å². The lowest BCUT2D eigenvalue weighted by Gasteiger charge is -2.18. The van der Waals surface area contributed by atoms with Crippen LogP contribution in [0.25, 0.3) is 0 Å². The van der Waals surface area contributed by atoms with Gasteiger partial charge in [-0.15, -0.1) is 0 Å². The smallest absolute Gasteiger partial charge is 0.126 e. The van der Waals surface area contributed by atoms with Gasteiger partial charge in [-0.25, -0.2) is 4.98 Å². The first kappa shape index (κ1) is 14.3. The van der Waals surface area contributed by atoms with Crippen LogP contribution in [0.3, 0.4) is 0 Å². The van der Waals surface area contributed by atoms with Crippen LogP contribution in [0.4, 0.5) is 5.82 Å². The number of hydrogen-bond acceptors (Lipinski definition) is 5. The van der Waals surface area contributed by atoms with E-state index in [4.69, 9.17) is 16.3 Å². The van der Waals surface area contributed by atoms with Crippen LogP contribution in [0.1, 0.15) is 22.7 Å². The number of aryl methyl sites for hydroxylation is 1. The molecule has 0 saturated heterocycles. The number of nitrogen functional groups attached to an aromatic ring is 1. The zero-order valence-electron chi connectivity index (χ0n) is 11.8. The van der Waals surface area contributed by atoms with Crippen molar-refractivity contribution in [3.05, 3.63) is 53.2 Å². The van der Waals surface area contributed by atoms with E-state index in [1.165, 1.54) is 0 Å². The molecule has 20 heavy (non-hydrogen) atoms. The molecular weight excluding hydrogens is 252 g/mol. The number of nitrogens with two attached hydrogens (primary N) is 2. The van der Waals surface area contributed by atoms with Crippen molar-refractivity contribution in [2.45, 2.75) is 19.4 Å². The van der Waals surface area contributed by atoms with E-state index in [2.05, 4.69) is 16.5 Å². The zero-order chi connectivity index (χ0) is 14.5. The van der Waals surface area contributed by atoms with E-state index >= 15 is 0 Å². The van der Waals surface area contributed by atoms with Gasteiger partial charge in [-0.1, -0.05) is 18.2 Å². The van der Waals surface area contributed by atoms with Crippen molar-refractivity contribution >= 4 is 5.82 Å². The molecule has 106 valence electrons. The van der Waals surface area contributed by atoms with Gasteiger partial charge in [0.05, 0.1) is 13.2 Å². The van der Waals surface area contributed by atoms with Crippen LogP contribution in [0, 0.1) is 6.92 Å². The van der Waals surface area contributed by atoms with Crippen molar-refractivity contribution in [1.82, 2.24) is 10.4 Å². The Balaban J connectivity index is 2.24. The summed E-state index contributed by atoms with van der Waals surface area (Å²) in [6, 6.07) is 9.83. The molecule has 0 amide bonds. The van der Waals surface area contributed by atoms with E-state index in [0.29, 0.717) is 12.2 Å². The van der Waals surface area contributed by atoms with Crippen molar-refractivity contribution < 1.29 is 4.74 Å². The molecule has 1 heterocycles. The third kappa shape index (κ3) is 3.07. The maximum absolute atomic E-state index is 5.88. The molecule has 0 aliphatic heterocycles. The van der Waals surface area contributed by atoms with E-state index in [1.807, 2.05) is 31.2 Å². The Morgan fingerprint density at radius 1 is 1.35 bits per heavy atom. The third-order valence-electron chi connectivity index (χ3n) is 3.37. The Hall–Kier alpha value is -2.11. The predicted octanol–water partition coefficient (Wildman–Crippen LogP) is 1.73. The van der Waals surface area contributed by atoms with Crippen LogP contribution in [0.2, 0.25) is 0 Å². The lowest BCUT2D eigenvalue weighted by Crippen LogP contribution is -2.29. The highest BCUT2D eigenvalue weighted by molar-refractivity contribution is 5.41. The number of rotatable bonds is 5. The third-order valence-corrected chi connectivity index (χ3v) is 3.37. The molecule has 2 aromatic rings. The van der Waals surface area contributed by atoms with E-state index in [0.717, 1.165) is 22.4 Å². The van der Waals surface area contributed by atoms with Crippen LogP contribution in [-0.4, -0.2) is 12.1 Å². The molecule has 5 heteroatoms. The quantitative estimate of drug-likeness (QED) is 0.570. The van der Waals surface area contributed by atoms with Crippen molar-refractivity contribution in [2.24, 2.45) is 5.84 Å². The molecule has 5 nitrogen and oxygen atoms in total. The molecule has 0 bridgehead atoms. The maximum Gasteiger partial charge on any atom is 0.126 e. The molecule has 0 spiro atoms. The average molecular weight is 272 g/mol. The minimum absolute atomic E-state index is 0.0221. The first-order valence-corrected chi connectivity index (χ1v) is 6.45. The van der Waals surface area contributed by atoms with Gasteiger partial charge < -0.3 is 10.5 Å². The number of methoxy groups -OCH3 is 1. The second-order valence-electron chi connectivity index (χ2n) is 4.70. The topological polar surface area (TPSA) is 86.2 Å². The number of aromatic nitrogens is 1. The van der Waals surface area contributed by atoms with Gasteiger partial charge in [-0.3, -0.25) is 11.3 Å². The van der Waals surface area contributed by atoms with Gasteiger partial charge in [0.1, 0.15) is 11.6 Å². The van der Waals surface area contributed by atoms with Crippen molar-refractivity contribution in [3.63, 3.8) is 0 Å². The summed E-state index contributed by atoms with van der Waals surface area (Å²) in [6.45, 7) is 2.01. The fourth-order valence-corrected chi connectivity index (χ4v) is 2.23. The van der Waals surface area contributed by atoms with Crippen LogP contribution in [-0.2, 0) is 6.42 Å². The summed E-state index contributed by atoms with van der Waals surface area (Å²) in [5.41, 5.74) is 11.9. The van der Waals surface area contributed by atoms with Crippen LogP contribution >= 0.6 is 0 Å². The number of pyridine rings is 1. The van der Waals surface area contributed by atoms with E-state index in [1.54, 1.807) is 13.3 Å². The van der Waals surface area contributed by atoms with Gasteiger partial charge in [0.25, 0.3) is 0 Å². The number of benzene rings is 1. The van der Waals surface area contributed by atoms with Crippen LogP contribution < -0.4 is 21.7 Å². The first-order chi connectivity index (χ1) is 9.65. The summed E-state index contributed by atoms with van der Waals surface area (Å²) < 4.78 is 5.27. The molecule has 2 rings (SSSR count). The second-order valence-corrected chi connectivity index (χ2v) is 4.70. The maximum atomic E-state index is 5.88. The molecule has 0 aliphatic rings. The first-order valence-electron chi connectivity index (χ1n) is 6.45. The Bertz CT molecular complexity index is 586. The second kappa shape index (κ2) is 6.36. The standard InChI is InChI=1S/C15H20N4O/c1-10-8-11(5-6-14(10)20-2)13(19-17)9-12-4-3-7-18-15(12)16/h3-8,13,19H,9,17H2,1-2H3,(H2,16,18). The Labute approximate surface area is 118 Å². The largest absolute Gasteiger partial charge is 0.496 e. The molecule has 0 aliphatic carbocycles. The van der Waals surface area contributed by atoms with E-state index in [-0.39, 0.29) is 6.04 Å². The normalized spacial score (nSPS) is 12.2. The summed E-state index contributed by atoms with van der Waals surface area (Å²) >= 11 is 0. The molecule has 1 aromatic carbocycles. The summed E-state index contributed by atoms with van der Waals surface area (Å²) in [7, 11) is 1.66. The lowest BCUT2D eigenvalue weighted by atomic mass is 9.98. The average Bonchev–Trinajstić information content (AvgIpc) is 2.46. The highest BCUT2D eigenvalue weighted by Gasteiger charge is 2.13. The monoisotopic (exact) mass is 272 g/mol. The molecule has 1 aromatic heterocycles. The van der Waals surface area contributed by atoms with Gasteiger partial charge in [0.2, 0.25) is 0 Å². The Morgan fingerprint density at radius 3 is 2.75 bits per heavy atom. The molecule has 0 saturated carbocycles. The molecule has 1 unspecified atom stereocenters. The van der Waals surface area contributed by atoms with Gasteiger partial charge in [0, 0.05) is 6.20 Å². The number of nitrogens with one attached hydrogen (secondary N) is 1. The Kier molecular flexibility index (Phi) is 4.55. The van der Waals surface area contributed by atoms with Crippen molar-refractivity contribution in [3.8, 4) is 5.75 Å². The molecule has 0 fully saturated rings. The van der Waals surface area contributed by atoms with Crippen LogP contribution in [0.5, 0.6) is 5.75 Å². The van der Waals surface area contributed by atoms with Crippen LogP contribution in [0.15, 0.2) is 36.5 Å². The van der Waals surface area contributed by atoms with Crippen molar-refractivity contribution in [1.29, 1.82) is 0 Å². The molecule has 0 radical (unpaired) electrons. The zero-order valence-corrected chi connectivity index (χ0v) is 11.8. The number of ether oxygens (including phenoxy) is 1. The SMILES string of the molecule is COc1ccc(C(Cc2cccnc2N)NN)cc1C. The fraction of sp³-hybridized carbons (Fsp3) is 0.267. The number of hydrazine groups is 1. The highest BCUT2D eigenvalue weighted by atomic mass is 16.5. The molecular formula is C15H20N4O. The van der Waals surface area contributed by atoms with Gasteiger partial charge >= 0.3 is 0 Å². The minimum atomic E-state index is -0.0221. The van der Waals surface area contributed by atoms with Gasteiger partial charge in [0.15, 0.2) is 0 Å². The minimum Gasteiger partial charge on any atom is -0.496 e. The molecule has 1 atom stereocenters. The fourth-order valence-electron chi connectivity index (χ4n) is 2.23. The molecule has 5 N–H and O–H groups in total. The Morgan fingerprint density at radius 2 is 2.15 bits per heavy atom. The number of anilines is 1. The summed E-state index contributed by atoms with van der Waals surface area (Å²) in [4.78, 5) is 4.09. The number of hydrogen-bond donors (Lipinski definition) is 3. The summed E-state index contributed by atoms with van der Waals surface area (Å²) in [5.74, 6) is 7.09. The summed E-state index contributed by atoms with van der Waals surface area (Å²) in [5, 5.41) is 0. The number of nitrogens with zero attached hydrogens (tertiary/aromatic N) is 1. The predicted molar refractivity (Wildman–Crippen MR) is 80.1 cm³/mol.